The minimum Gasteiger partial charge on any atom is -0.380 e. The van der Waals surface area contributed by atoms with Crippen molar-refractivity contribution in [3.8, 4) is 6.07 Å². The fourth-order valence-corrected chi connectivity index (χ4v) is 2.26. The standard InChI is InChI=1S/C14H15ClN4/c1-9-5-4-6-13(11(9)7-16)17-8-12-10(2)18-19(3)14(12)15/h4-6,17H,8H2,1-3H3. The van der Waals surface area contributed by atoms with Crippen LogP contribution in [0.3, 0.4) is 0 Å². The molecule has 1 aromatic carbocycles. The maximum Gasteiger partial charge on any atom is 0.131 e. The van der Waals surface area contributed by atoms with E-state index in [-0.39, 0.29) is 0 Å². The number of nitrogens with zero attached hydrogens (tertiary/aromatic N) is 3. The molecule has 0 spiro atoms. The third-order valence-electron chi connectivity index (χ3n) is 3.11. The number of hydrogen-bond acceptors (Lipinski definition) is 3. The topological polar surface area (TPSA) is 53.6 Å². The van der Waals surface area contributed by atoms with E-state index < -0.39 is 0 Å². The van der Waals surface area contributed by atoms with E-state index in [0.717, 1.165) is 22.5 Å². The average molecular weight is 275 g/mol. The number of nitriles is 1. The van der Waals surface area contributed by atoms with E-state index in [1.54, 1.807) is 4.68 Å². The zero-order chi connectivity index (χ0) is 14.0. The quantitative estimate of drug-likeness (QED) is 0.935. The molecule has 0 fully saturated rings. The molecule has 0 radical (unpaired) electrons. The van der Waals surface area contributed by atoms with Gasteiger partial charge in [-0.25, -0.2) is 0 Å². The fraction of sp³-hybridized carbons (Fsp3) is 0.286. The monoisotopic (exact) mass is 274 g/mol. The van der Waals surface area contributed by atoms with Gasteiger partial charge in [0.2, 0.25) is 0 Å². The molecule has 1 aromatic heterocycles. The number of halogens is 1. The minimum absolute atomic E-state index is 0.552. The Morgan fingerprint density at radius 3 is 2.74 bits per heavy atom. The molecule has 0 saturated heterocycles. The number of hydrogen-bond donors (Lipinski definition) is 1. The summed E-state index contributed by atoms with van der Waals surface area (Å²) in [5.41, 5.74) is 4.30. The Hall–Kier alpha value is -1.99. The van der Waals surface area contributed by atoms with Gasteiger partial charge < -0.3 is 5.32 Å². The van der Waals surface area contributed by atoms with E-state index in [1.165, 1.54) is 0 Å². The zero-order valence-corrected chi connectivity index (χ0v) is 11.9. The van der Waals surface area contributed by atoms with Crippen LogP contribution in [-0.2, 0) is 13.6 Å². The number of aromatic nitrogens is 2. The molecule has 0 aliphatic rings. The van der Waals surface area contributed by atoms with Crippen LogP contribution in [0.1, 0.15) is 22.4 Å². The van der Waals surface area contributed by atoms with Gasteiger partial charge in [-0.1, -0.05) is 23.7 Å². The number of benzene rings is 1. The van der Waals surface area contributed by atoms with Crippen molar-refractivity contribution >= 4 is 17.3 Å². The number of anilines is 1. The Bertz CT molecular complexity index is 652. The highest BCUT2D eigenvalue weighted by Gasteiger charge is 2.12. The molecule has 2 aromatic rings. The molecule has 1 heterocycles. The van der Waals surface area contributed by atoms with Gasteiger partial charge in [-0.3, -0.25) is 4.68 Å². The van der Waals surface area contributed by atoms with Crippen molar-refractivity contribution in [1.29, 1.82) is 5.26 Å². The van der Waals surface area contributed by atoms with E-state index in [2.05, 4.69) is 16.5 Å². The Morgan fingerprint density at radius 1 is 1.42 bits per heavy atom. The third-order valence-corrected chi connectivity index (χ3v) is 3.58. The smallest absolute Gasteiger partial charge is 0.131 e. The molecular weight excluding hydrogens is 260 g/mol. The van der Waals surface area contributed by atoms with Gasteiger partial charge >= 0.3 is 0 Å². The van der Waals surface area contributed by atoms with Gasteiger partial charge in [0.25, 0.3) is 0 Å². The van der Waals surface area contributed by atoms with E-state index in [0.29, 0.717) is 17.3 Å². The van der Waals surface area contributed by atoms with E-state index in [4.69, 9.17) is 11.6 Å². The second-order valence-corrected chi connectivity index (χ2v) is 4.80. The molecule has 0 atom stereocenters. The van der Waals surface area contributed by atoms with Gasteiger partial charge in [-0.05, 0) is 25.5 Å². The van der Waals surface area contributed by atoms with Gasteiger partial charge in [0.05, 0.1) is 16.9 Å². The normalized spacial score (nSPS) is 10.3. The van der Waals surface area contributed by atoms with Crippen molar-refractivity contribution in [2.24, 2.45) is 7.05 Å². The largest absolute Gasteiger partial charge is 0.380 e. The van der Waals surface area contributed by atoms with Gasteiger partial charge in [0.15, 0.2) is 0 Å². The van der Waals surface area contributed by atoms with Crippen LogP contribution in [0.5, 0.6) is 0 Å². The summed E-state index contributed by atoms with van der Waals surface area (Å²) < 4.78 is 1.65. The molecule has 19 heavy (non-hydrogen) atoms. The SMILES string of the molecule is Cc1cccc(NCc2c(C)nn(C)c2Cl)c1C#N. The second kappa shape index (κ2) is 5.33. The summed E-state index contributed by atoms with van der Waals surface area (Å²) in [5, 5.41) is 17.3. The highest BCUT2D eigenvalue weighted by atomic mass is 35.5. The van der Waals surface area contributed by atoms with Crippen LogP contribution in [0.4, 0.5) is 5.69 Å². The van der Waals surface area contributed by atoms with Gasteiger partial charge in [-0.15, -0.1) is 0 Å². The van der Waals surface area contributed by atoms with E-state index in [9.17, 15) is 5.26 Å². The Labute approximate surface area is 117 Å². The molecule has 0 saturated carbocycles. The molecule has 4 nitrogen and oxygen atoms in total. The summed E-state index contributed by atoms with van der Waals surface area (Å²) in [6.07, 6.45) is 0. The molecule has 98 valence electrons. The van der Waals surface area contributed by atoms with Gasteiger partial charge in [-0.2, -0.15) is 10.4 Å². The van der Waals surface area contributed by atoms with Crippen molar-refractivity contribution in [2.75, 3.05) is 5.32 Å². The van der Waals surface area contributed by atoms with Gasteiger partial charge in [0.1, 0.15) is 11.2 Å². The molecule has 0 unspecified atom stereocenters. The van der Waals surface area contributed by atoms with Crippen LogP contribution < -0.4 is 5.32 Å². The van der Waals surface area contributed by atoms with Crippen molar-refractivity contribution in [3.63, 3.8) is 0 Å². The molecule has 5 heteroatoms. The molecule has 0 bridgehead atoms. The summed E-state index contributed by atoms with van der Waals surface area (Å²) >= 11 is 6.18. The lowest BCUT2D eigenvalue weighted by Crippen LogP contribution is -2.03. The lowest BCUT2D eigenvalue weighted by molar-refractivity contribution is 0.757. The molecule has 1 N–H and O–H groups in total. The first kappa shape index (κ1) is 13.4. The van der Waals surface area contributed by atoms with Crippen LogP contribution in [0.25, 0.3) is 0 Å². The Morgan fingerprint density at radius 2 is 2.16 bits per heavy atom. The second-order valence-electron chi connectivity index (χ2n) is 4.44. The van der Waals surface area contributed by atoms with Crippen molar-refractivity contribution < 1.29 is 0 Å². The first-order chi connectivity index (χ1) is 9.04. The Balaban J connectivity index is 2.25. The first-order valence-electron chi connectivity index (χ1n) is 5.96. The molecule has 0 aliphatic heterocycles. The highest BCUT2D eigenvalue weighted by Crippen LogP contribution is 2.23. The summed E-state index contributed by atoms with van der Waals surface area (Å²) in [6.45, 7) is 4.40. The minimum atomic E-state index is 0.552. The fourth-order valence-electron chi connectivity index (χ4n) is 2.02. The lowest BCUT2D eigenvalue weighted by atomic mass is 10.1. The van der Waals surface area contributed by atoms with E-state index >= 15 is 0 Å². The predicted molar refractivity (Wildman–Crippen MR) is 76.2 cm³/mol. The third kappa shape index (κ3) is 2.56. The maximum absolute atomic E-state index is 9.18. The molecule has 0 amide bonds. The summed E-state index contributed by atoms with van der Waals surface area (Å²) in [5.74, 6) is 0. The van der Waals surface area contributed by atoms with Crippen LogP contribution in [0.15, 0.2) is 18.2 Å². The zero-order valence-electron chi connectivity index (χ0n) is 11.2. The number of aryl methyl sites for hydroxylation is 3. The van der Waals surface area contributed by atoms with Crippen LogP contribution in [-0.4, -0.2) is 9.78 Å². The maximum atomic E-state index is 9.18. The lowest BCUT2D eigenvalue weighted by Gasteiger charge is -2.09. The molecule has 0 aliphatic carbocycles. The average Bonchev–Trinajstić information content (AvgIpc) is 2.61. The summed E-state index contributed by atoms with van der Waals surface area (Å²) in [6, 6.07) is 7.96. The highest BCUT2D eigenvalue weighted by molar-refractivity contribution is 6.30. The molecule has 2 rings (SSSR count). The van der Waals surface area contributed by atoms with Crippen LogP contribution in [0, 0.1) is 25.2 Å². The summed E-state index contributed by atoms with van der Waals surface area (Å²) in [4.78, 5) is 0. The van der Waals surface area contributed by atoms with Crippen molar-refractivity contribution in [2.45, 2.75) is 20.4 Å². The van der Waals surface area contributed by atoms with Crippen LogP contribution >= 0.6 is 11.6 Å². The number of rotatable bonds is 3. The molecular formula is C14H15ClN4. The Kier molecular flexibility index (Phi) is 3.77. The van der Waals surface area contributed by atoms with Crippen molar-refractivity contribution in [1.82, 2.24) is 9.78 Å². The first-order valence-corrected chi connectivity index (χ1v) is 6.34. The van der Waals surface area contributed by atoms with E-state index in [1.807, 2.05) is 39.1 Å². The summed E-state index contributed by atoms with van der Waals surface area (Å²) in [7, 11) is 1.81. The predicted octanol–water partition coefficient (Wildman–Crippen LogP) is 3.17. The number of nitrogens with one attached hydrogen (secondary N) is 1. The van der Waals surface area contributed by atoms with Crippen LogP contribution in [0.2, 0.25) is 5.15 Å². The van der Waals surface area contributed by atoms with Crippen molar-refractivity contribution in [3.05, 3.63) is 45.7 Å². The van der Waals surface area contributed by atoms with Gasteiger partial charge in [0, 0.05) is 19.2 Å².